The fraction of sp³-hybridized carbons (Fsp3) is 0. The molecule has 2 heterocycles. The van der Waals surface area contributed by atoms with E-state index in [2.05, 4.69) is 9.97 Å². The van der Waals surface area contributed by atoms with Gasteiger partial charge in [0, 0.05) is 12.4 Å². The van der Waals surface area contributed by atoms with Gasteiger partial charge in [-0.2, -0.15) is 0 Å². The predicted octanol–water partition coefficient (Wildman–Crippen LogP) is 1.62. The Morgan fingerprint density at radius 1 is 1.64 bits per heavy atom. The van der Waals surface area contributed by atoms with Crippen LogP contribution in [0, 0.1) is 0 Å². The molecule has 72 valence electrons. The van der Waals surface area contributed by atoms with Crippen LogP contribution in [-0.2, 0) is 0 Å². The van der Waals surface area contributed by atoms with Gasteiger partial charge in [-0.05, 0) is 0 Å². The van der Waals surface area contributed by atoms with E-state index in [1.807, 2.05) is 0 Å². The van der Waals surface area contributed by atoms with E-state index < -0.39 is 0 Å². The molecule has 2 N–H and O–H groups in total. The molecule has 0 fully saturated rings. The summed E-state index contributed by atoms with van der Waals surface area (Å²) >= 11 is 12.0. The summed E-state index contributed by atoms with van der Waals surface area (Å²) in [5.41, 5.74) is 5.47. The molecule has 0 saturated carbocycles. The van der Waals surface area contributed by atoms with E-state index in [4.69, 9.17) is 29.6 Å². The number of thiocarbonyl (C=S) groups is 1. The van der Waals surface area contributed by atoms with Crippen LogP contribution in [0.15, 0.2) is 18.7 Å². The highest BCUT2D eigenvalue weighted by Gasteiger charge is 2.12. The molecule has 0 saturated heterocycles. The molecule has 0 unspecified atom stereocenters. The first-order valence-electron chi connectivity index (χ1n) is 3.63. The third-order valence-electron chi connectivity index (χ3n) is 1.52. The number of rotatable bonds is 2. The Balaban J connectivity index is 2.48. The number of halogens is 1. The monoisotopic (exact) mass is 244 g/mol. The second-order valence-corrected chi connectivity index (χ2v) is 4.23. The molecule has 0 radical (unpaired) electrons. The van der Waals surface area contributed by atoms with Crippen LogP contribution in [0.5, 0.6) is 0 Å². The smallest absolute Gasteiger partial charge is 0.196 e. The summed E-state index contributed by atoms with van der Waals surface area (Å²) in [5, 5.41) is 1.04. The Labute approximate surface area is 94.4 Å². The normalized spacial score (nSPS) is 10.4. The van der Waals surface area contributed by atoms with Crippen LogP contribution in [0.25, 0.3) is 5.13 Å². The summed E-state index contributed by atoms with van der Waals surface area (Å²) in [4.78, 5) is 8.91. The van der Waals surface area contributed by atoms with Crippen molar-refractivity contribution in [2.24, 2.45) is 5.73 Å². The van der Waals surface area contributed by atoms with Crippen LogP contribution in [0.2, 0.25) is 5.15 Å². The van der Waals surface area contributed by atoms with Crippen LogP contribution < -0.4 is 5.73 Å². The quantitative estimate of drug-likeness (QED) is 0.816. The maximum Gasteiger partial charge on any atom is 0.196 e. The molecule has 0 aliphatic rings. The second-order valence-electron chi connectivity index (χ2n) is 2.45. The highest BCUT2D eigenvalue weighted by molar-refractivity contribution is 7.81. The molecule has 2 aromatic heterocycles. The van der Waals surface area contributed by atoms with Crippen molar-refractivity contribution < 1.29 is 0 Å². The van der Waals surface area contributed by atoms with Gasteiger partial charge in [0.15, 0.2) is 10.3 Å². The highest BCUT2D eigenvalue weighted by Crippen LogP contribution is 2.25. The topological polar surface area (TPSA) is 56.7 Å². The van der Waals surface area contributed by atoms with Gasteiger partial charge in [-0.15, -0.1) is 0 Å². The molecule has 0 aliphatic carbocycles. The van der Waals surface area contributed by atoms with Gasteiger partial charge in [-0.1, -0.05) is 35.2 Å². The van der Waals surface area contributed by atoms with Gasteiger partial charge in [-0.25, -0.2) is 9.97 Å². The lowest BCUT2D eigenvalue weighted by Gasteiger charge is -1.91. The summed E-state index contributed by atoms with van der Waals surface area (Å²) in [7, 11) is 0. The van der Waals surface area contributed by atoms with Crippen LogP contribution in [0.3, 0.4) is 0 Å². The SMILES string of the molecule is NC(=S)c1sc(-n2ccnc2)nc1Cl. The van der Waals surface area contributed by atoms with Gasteiger partial charge in [0.25, 0.3) is 0 Å². The molecule has 2 rings (SSSR count). The van der Waals surface area contributed by atoms with Gasteiger partial charge in [0.05, 0.1) is 0 Å². The third-order valence-corrected chi connectivity index (χ3v) is 3.34. The fourth-order valence-electron chi connectivity index (χ4n) is 0.926. The van der Waals surface area contributed by atoms with Crippen LogP contribution in [0.4, 0.5) is 0 Å². The van der Waals surface area contributed by atoms with Gasteiger partial charge in [0.2, 0.25) is 0 Å². The second kappa shape index (κ2) is 3.64. The average molecular weight is 245 g/mol. The molecule has 7 heteroatoms. The zero-order valence-corrected chi connectivity index (χ0v) is 9.23. The molecule has 0 bridgehead atoms. The van der Waals surface area contributed by atoms with Gasteiger partial charge < -0.3 is 5.73 Å². The fourth-order valence-corrected chi connectivity index (χ4v) is 2.31. The molecule has 14 heavy (non-hydrogen) atoms. The lowest BCUT2D eigenvalue weighted by molar-refractivity contribution is 1.03. The van der Waals surface area contributed by atoms with Crippen molar-refractivity contribution in [1.82, 2.24) is 14.5 Å². The van der Waals surface area contributed by atoms with Crippen LogP contribution >= 0.6 is 35.2 Å². The highest BCUT2D eigenvalue weighted by atomic mass is 35.5. The summed E-state index contributed by atoms with van der Waals surface area (Å²) in [6.45, 7) is 0. The molecule has 0 atom stereocenters. The Kier molecular flexibility index (Phi) is 2.49. The maximum absolute atomic E-state index is 5.85. The molecule has 0 aromatic carbocycles. The summed E-state index contributed by atoms with van der Waals surface area (Å²) in [6.07, 6.45) is 5.08. The molecule has 4 nitrogen and oxygen atoms in total. The molecule has 0 spiro atoms. The number of thiazole rings is 1. The Bertz CT molecular complexity index is 462. The molecular formula is C7H5ClN4S2. The minimum atomic E-state index is 0.263. The number of aromatic nitrogens is 3. The van der Waals surface area contributed by atoms with E-state index >= 15 is 0 Å². The van der Waals surface area contributed by atoms with Crippen LogP contribution in [0.1, 0.15) is 4.88 Å². The van der Waals surface area contributed by atoms with Crippen molar-refractivity contribution >= 4 is 40.1 Å². The zero-order chi connectivity index (χ0) is 10.1. The van der Waals surface area contributed by atoms with E-state index in [1.165, 1.54) is 11.3 Å². The van der Waals surface area contributed by atoms with Crippen molar-refractivity contribution in [2.75, 3.05) is 0 Å². The lowest BCUT2D eigenvalue weighted by Crippen LogP contribution is -2.07. The number of hydrogen-bond acceptors (Lipinski definition) is 4. The number of imidazole rings is 1. The lowest BCUT2D eigenvalue weighted by atomic mass is 10.6. The van der Waals surface area contributed by atoms with Crippen LogP contribution in [-0.4, -0.2) is 19.5 Å². The first-order chi connectivity index (χ1) is 6.68. The van der Waals surface area contributed by atoms with Gasteiger partial charge in [0.1, 0.15) is 16.2 Å². The van der Waals surface area contributed by atoms with E-state index in [0.29, 0.717) is 15.2 Å². The van der Waals surface area contributed by atoms with E-state index in [0.717, 1.165) is 0 Å². The van der Waals surface area contributed by atoms with Crippen molar-refractivity contribution in [2.45, 2.75) is 0 Å². The molecule has 0 amide bonds. The maximum atomic E-state index is 5.85. The van der Waals surface area contributed by atoms with Crippen molar-refractivity contribution in [3.05, 3.63) is 28.8 Å². The number of hydrogen-bond donors (Lipinski definition) is 1. The number of nitrogens with zero attached hydrogens (tertiary/aromatic N) is 3. The molecule has 2 aromatic rings. The first-order valence-corrected chi connectivity index (χ1v) is 5.23. The number of nitrogens with two attached hydrogens (primary N) is 1. The Morgan fingerprint density at radius 3 is 2.93 bits per heavy atom. The Morgan fingerprint density at radius 2 is 2.43 bits per heavy atom. The van der Waals surface area contributed by atoms with E-state index in [1.54, 1.807) is 23.3 Å². The third kappa shape index (κ3) is 1.63. The van der Waals surface area contributed by atoms with Crippen molar-refractivity contribution in [3.8, 4) is 5.13 Å². The summed E-state index contributed by atoms with van der Waals surface area (Å²) < 4.78 is 1.75. The average Bonchev–Trinajstić information content (AvgIpc) is 2.70. The minimum absolute atomic E-state index is 0.263. The van der Waals surface area contributed by atoms with Crippen molar-refractivity contribution in [1.29, 1.82) is 0 Å². The predicted molar refractivity (Wildman–Crippen MR) is 60.1 cm³/mol. The molecular weight excluding hydrogens is 240 g/mol. The minimum Gasteiger partial charge on any atom is -0.389 e. The van der Waals surface area contributed by atoms with Gasteiger partial charge in [-0.3, -0.25) is 4.57 Å². The zero-order valence-electron chi connectivity index (χ0n) is 6.85. The van der Waals surface area contributed by atoms with Gasteiger partial charge >= 0.3 is 0 Å². The Hall–Kier alpha value is -0.980. The largest absolute Gasteiger partial charge is 0.389 e. The molecule has 0 aliphatic heterocycles. The van der Waals surface area contributed by atoms with E-state index in [-0.39, 0.29) is 4.99 Å². The van der Waals surface area contributed by atoms with Crippen molar-refractivity contribution in [3.63, 3.8) is 0 Å². The first kappa shape index (κ1) is 9.57. The summed E-state index contributed by atoms with van der Waals surface area (Å²) in [5.74, 6) is 0. The van der Waals surface area contributed by atoms with E-state index in [9.17, 15) is 0 Å². The standard InChI is InChI=1S/C7H5ClN4S2/c8-5-4(6(9)13)14-7(11-5)12-2-1-10-3-12/h1-3H,(H2,9,13). The summed E-state index contributed by atoms with van der Waals surface area (Å²) in [6, 6.07) is 0.